The van der Waals surface area contributed by atoms with Crippen molar-refractivity contribution in [2.75, 3.05) is 7.11 Å². The second-order valence-electron chi connectivity index (χ2n) is 11.6. The minimum atomic E-state index is 0.202. The molecule has 0 radical (unpaired) electrons. The second-order valence-corrected chi connectivity index (χ2v) is 11.6. The Hall–Kier alpha value is -3.60. The van der Waals surface area contributed by atoms with Crippen LogP contribution in [0.1, 0.15) is 92.8 Å². The third-order valence-electron chi connectivity index (χ3n) is 8.82. The third kappa shape index (κ3) is 5.39. The van der Waals surface area contributed by atoms with Crippen molar-refractivity contribution in [3.8, 4) is 5.88 Å². The third-order valence-corrected chi connectivity index (χ3v) is 8.82. The van der Waals surface area contributed by atoms with Crippen LogP contribution >= 0.6 is 0 Å². The van der Waals surface area contributed by atoms with Crippen LogP contribution < -0.4 is 4.74 Å². The van der Waals surface area contributed by atoms with E-state index in [2.05, 4.69) is 86.0 Å². The van der Waals surface area contributed by atoms with E-state index in [0.717, 1.165) is 51.5 Å². The van der Waals surface area contributed by atoms with Gasteiger partial charge in [-0.15, -0.1) is 0 Å². The summed E-state index contributed by atoms with van der Waals surface area (Å²) in [6.45, 7) is 13.0. The van der Waals surface area contributed by atoms with E-state index in [4.69, 9.17) is 14.2 Å². The summed E-state index contributed by atoms with van der Waals surface area (Å²) in [7, 11) is 1.69. The largest absolute Gasteiger partial charge is 0.481 e. The fourth-order valence-electron chi connectivity index (χ4n) is 6.41. The molecule has 5 heteroatoms. The van der Waals surface area contributed by atoms with Crippen LogP contribution in [0, 0.1) is 32.6 Å². The van der Waals surface area contributed by atoms with Crippen molar-refractivity contribution in [2.24, 2.45) is 11.8 Å². The van der Waals surface area contributed by atoms with Gasteiger partial charge in [-0.2, -0.15) is 0 Å². The molecule has 5 nitrogen and oxygen atoms in total. The predicted octanol–water partition coefficient (Wildman–Crippen LogP) is 9.27. The molecule has 40 heavy (non-hydrogen) atoms. The van der Waals surface area contributed by atoms with Gasteiger partial charge in [0.2, 0.25) is 5.88 Å². The van der Waals surface area contributed by atoms with E-state index in [1.54, 1.807) is 7.11 Å². The van der Waals surface area contributed by atoms with E-state index < -0.39 is 0 Å². The van der Waals surface area contributed by atoms with Gasteiger partial charge in [0.05, 0.1) is 29.9 Å². The Morgan fingerprint density at radius 1 is 1.07 bits per heavy atom. The summed E-state index contributed by atoms with van der Waals surface area (Å²) in [6.07, 6.45) is 10.6. The normalized spacial score (nSPS) is 19.3. The lowest BCUT2D eigenvalue weighted by Crippen LogP contribution is -2.25. The van der Waals surface area contributed by atoms with Crippen molar-refractivity contribution in [1.29, 1.82) is 0 Å². The van der Waals surface area contributed by atoms with Gasteiger partial charge in [-0.25, -0.2) is 4.98 Å². The van der Waals surface area contributed by atoms with Gasteiger partial charge in [-0.1, -0.05) is 73.8 Å². The van der Waals surface area contributed by atoms with Crippen LogP contribution in [0.25, 0.3) is 22.7 Å². The fourth-order valence-corrected chi connectivity index (χ4v) is 6.41. The van der Waals surface area contributed by atoms with Gasteiger partial charge in [-0.3, -0.25) is 0 Å². The highest BCUT2D eigenvalue weighted by atomic mass is 16.5. The number of allylic oxidation sites excluding steroid dienone is 3. The number of aryl methyl sites for hydroxylation is 3. The Morgan fingerprint density at radius 2 is 1.80 bits per heavy atom. The number of ether oxygens (including phenoxy) is 1. The van der Waals surface area contributed by atoms with Crippen molar-refractivity contribution in [3.63, 3.8) is 0 Å². The average molecular weight is 538 g/mol. The summed E-state index contributed by atoms with van der Waals surface area (Å²) in [5.74, 6) is 2.80. The smallest absolute Gasteiger partial charge is 0.213 e. The number of rotatable bonds is 8. The molecule has 0 N–H and O–H groups in total. The second kappa shape index (κ2) is 11.9. The van der Waals surface area contributed by atoms with E-state index in [1.165, 1.54) is 42.5 Å². The van der Waals surface area contributed by atoms with E-state index in [1.807, 2.05) is 19.9 Å². The molecule has 1 fully saturated rings. The van der Waals surface area contributed by atoms with Crippen molar-refractivity contribution >= 4 is 22.7 Å². The van der Waals surface area contributed by atoms with Crippen LogP contribution in [0.3, 0.4) is 0 Å². The van der Waals surface area contributed by atoms with Gasteiger partial charge < -0.3 is 13.8 Å². The van der Waals surface area contributed by atoms with Gasteiger partial charge in [0.1, 0.15) is 5.76 Å². The van der Waals surface area contributed by atoms with Crippen molar-refractivity contribution in [1.82, 2.24) is 14.7 Å². The highest BCUT2D eigenvalue weighted by Gasteiger charge is 2.32. The van der Waals surface area contributed by atoms with Gasteiger partial charge in [-0.05, 0) is 82.1 Å². The zero-order valence-electron chi connectivity index (χ0n) is 25.1. The summed E-state index contributed by atoms with van der Waals surface area (Å²) >= 11 is 0. The first kappa shape index (κ1) is 27.9. The molecule has 0 aliphatic heterocycles. The average Bonchev–Trinajstić information content (AvgIpc) is 3.44. The van der Waals surface area contributed by atoms with Crippen LogP contribution in [0.15, 0.2) is 58.6 Å². The molecule has 4 aromatic rings. The SMILES string of the molecule is CC/C(C)=C\C(=C/c1c(C)c2nc(OC)ccc2n1C(c1ccccc1)C1CCC(C)CC1)c1c(C)noc1C. The Labute approximate surface area is 238 Å². The number of methoxy groups -OCH3 is 1. The van der Waals surface area contributed by atoms with Gasteiger partial charge in [0, 0.05) is 22.9 Å². The Kier molecular flexibility index (Phi) is 8.30. The van der Waals surface area contributed by atoms with Crippen LogP contribution in [-0.2, 0) is 0 Å². The Morgan fingerprint density at radius 3 is 2.42 bits per heavy atom. The lowest BCUT2D eigenvalue weighted by Gasteiger charge is -2.35. The van der Waals surface area contributed by atoms with E-state index in [0.29, 0.717) is 11.8 Å². The van der Waals surface area contributed by atoms with Crippen LogP contribution in [0.5, 0.6) is 5.88 Å². The standard InChI is InChI=1S/C35H43N3O2/c1-8-22(2)20-29(33-25(5)37-40-26(33)6)21-31-24(4)34-30(18-19-32(36-34)39-7)38(31)35(27-12-10-9-11-13-27)28-16-14-23(3)15-17-28/h9-13,18-21,23,28,35H,8,14-17H2,1-7H3/b22-20-,29-21+. The number of nitrogens with zero attached hydrogens (tertiary/aromatic N) is 3. The minimum absolute atomic E-state index is 0.202. The molecule has 210 valence electrons. The highest BCUT2D eigenvalue weighted by Crippen LogP contribution is 2.43. The van der Waals surface area contributed by atoms with Gasteiger partial charge >= 0.3 is 0 Å². The molecule has 3 aromatic heterocycles. The molecule has 0 amide bonds. The van der Waals surface area contributed by atoms with E-state index >= 15 is 0 Å². The number of hydrogen-bond donors (Lipinski definition) is 0. The summed E-state index contributed by atoms with van der Waals surface area (Å²) in [6, 6.07) is 15.4. The molecular weight excluding hydrogens is 494 g/mol. The summed E-state index contributed by atoms with van der Waals surface area (Å²) in [5, 5.41) is 4.30. The van der Waals surface area contributed by atoms with Crippen molar-refractivity contribution < 1.29 is 9.26 Å². The quantitative estimate of drug-likeness (QED) is 0.210. The maximum Gasteiger partial charge on any atom is 0.213 e. The summed E-state index contributed by atoms with van der Waals surface area (Å²) in [5.41, 5.74) is 10.2. The first-order chi connectivity index (χ1) is 19.3. The van der Waals surface area contributed by atoms with E-state index in [-0.39, 0.29) is 6.04 Å². The molecule has 0 spiro atoms. The molecular formula is C35H43N3O2. The van der Waals surface area contributed by atoms with Crippen LogP contribution in [0.4, 0.5) is 0 Å². The molecule has 1 unspecified atom stereocenters. The maximum absolute atomic E-state index is 5.65. The lowest BCUT2D eigenvalue weighted by atomic mass is 9.77. The van der Waals surface area contributed by atoms with Crippen molar-refractivity contribution in [3.05, 3.63) is 88.0 Å². The summed E-state index contributed by atoms with van der Waals surface area (Å²) < 4.78 is 13.8. The lowest BCUT2D eigenvalue weighted by molar-refractivity contribution is 0.238. The molecule has 1 saturated carbocycles. The summed E-state index contributed by atoms with van der Waals surface area (Å²) in [4.78, 5) is 4.97. The first-order valence-corrected chi connectivity index (χ1v) is 14.7. The molecule has 0 bridgehead atoms. The van der Waals surface area contributed by atoms with Gasteiger partial charge in [0.15, 0.2) is 0 Å². The van der Waals surface area contributed by atoms with E-state index in [9.17, 15) is 0 Å². The zero-order chi connectivity index (χ0) is 28.4. The molecule has 3 heterocycles. The van der Waals surface area contributed by atoms with Crippen molar-refractivity contribution in [2.45, 2.75) is 79.7 Å². The first-order valence-electron chi connectivity index (χ1n) is 14.7. The number of hydrogen-bond acceptors (Lipinski definition) is 4. The Balaban J connectivity index is 1.83. The Bertz CT molecular complexity index is 1510. The molecule has 1 atom stereocenters. The minimum Gasteiger partial charge on any atom is -0.481 e. The van der Waals surface area contributed by atoms with Crippen LogP contribution in [-0.4, -0.2) is 21.8 Å². The zero-order valence-corrected chi connectivity index (χ0v) is 25.1. The fraction of sp³-hybridized carbons (Fsp3) is 0.429. The molecule has 1 aliphatic carbocycles. The number of aromatic nitrogens is 3. The maximum atomic E-state index is 5.65. The predicted molar refractivity (Wildman–Crippen MR) is 165 cm³/mol. The molecule has 1 aromatic carbocycles. The molecule has 0 saturated heterocycles. The van der Waals surface area contributed by atoms with Gasteiger partial charge in [0.25, 0.3) is 0 Å². The topological polar surface area (TPSA) is 53.1 Å². The highest BCUT2D eigenvalue weighted by molar-refractivity contribution is 5.94. The monoisotopic (exact) mass is 537 g/mol. The number of pyridine rings is 1. The number of fused-ring (bicyclic) bond motifs is 1. The molecule has 1 aliphatic rings. The molecule has 5 rings (SSSR count). The van der Waals surface area contributed by atoms with Crippen LogP contribution in [0.2, 0.25) is 0 Å². The number of benzene rings is 1.